The summed E-state index contributed by atoms with van der Waals surface area (Å²) in [5.41, 5.74) is 8.96. The van der Waals surface area contributed by atoms with Gasteiger partial charge in [-0.1, -0.05) is 20.3 Å². The standard InChI is InChI=1S/C9H23NO3Si.C5H15NO4Si/c1-5-9(10)14(11-6-2,12-7-3)13-8-4;1-2-3-4(6,7)5(8,9)10-11/h9H,5-8,10H2,1-4H3;7-9H,2-3,6H2,1,11H3. The zero-order chi connectivity index (χ0) is 20.1. The second-order valence-electron chi connectivity index (χ2n) is 5.40. The quantitative estimate of drug-likeness (QED) is 0.198. The Bertz CT molecular complexity index is 319. The van der Waals surface area contributed by atoms with Gasteiger partial charge >= 0.3 is 14.8 Å². The monoisotopic (exact) mass is 402 g/mol. The van der Waals surface area contributed by atoms with E-state index in [-0.39, 0.29) is 22.6 Å². The molecule has 2 atom stereocenters. The molecule has 0 saturated heterocycles. The molecule has 0 aromatic heterocycles. The van der Waals surface area contributed by atoms with E-state index in [0.717, 1.165) is 6.42 Å². The Morgan fingerprint density at radius 1 is 0.960 bits per heavy atom. The van der Waals surface area contributed by atoms with Gasteiger partial charge in [0.15, 0.2) is 16.2 Å². The van der Waals surface area contributed by atoms with Crippen LogP contribution in [-0.2, 0) is 17.7 Å². The van der Waals surface area contributed by atoms with E-state index in [1.807, 2.05) is 27.7 Å². The molecule has 154 valence electrons. The molecule has 7 N–H and O–H groups in total. The summed E-state index contributed by atoms with van der Waals surface area (Å²) in [5.74, 6) is -2.62. The van der Waals surface area contributed by atoms with Gasteiger partial charge in [-0.05, 0) is 33.6 Å². The number of rotatable bonds is 12. The third-order valence-electron chi connectivity index (χ3n) is 3.41. The van der Waals surface area contributed by atoms with Crippen LogP contribution in [0.1, 0.15) is 53.9 Å². The molecule has 2 unspecified atom stereocenters. The van der Waals surface area contributed by atoms with Crippen molar-refractivity contribution >= 4 is 19.3 Å². The Morgan fingerprint density at radius 3 is 1.60 bits per heavy atom. The van der Waals surface area contributed by atoms with Gasteiger partial charge in [0, 0.05) is 19.8 Å². The lowest BCUT2D eigenvalue weighted by molar-refractivity contribution is -0.375. The summed E-state index contributed by atoms with van der Waals surface area (Å²) in [5, 5.41) is 27.2. The minimum Gasteiger partial charge on any atom is -0.377 e. The van der Waals surface area contributed by atoms with Crippen molar-refractivity contribution in [1.29, 1.82) is 0 Å². The molecular formula is C14H38N2O7Si2. The molecule has 0 heterocycles. The van der Waals surface area contributed by atoms with Crippen LogP contribution in [0, 0.1) is 0 Å². The lowest BCUT2D eigenvalue weighted by atomic mass is 10.1. The second-order valence-corrected chi connectivity index (χ2v) is 8.63. The van der Waals surface area contributed by atoms with Gasteiger partial charge in [-0.2, -0.15) is 0 Å². The van der Waals surface area contributed by atoms with Gasteiger partial charge in [-0.3, -0.25) is 5.73 Å². The second kappa shape index (κ2) is 13.3. The molecule has 9 nitrogen and oxygen atoms in total. The van der Waals surface area contributed by atoms with E-state index in [1.165, 1.54) is 0 Å². The van der Waals surface area contributed by atoms with Gasteiger partial charge in [-0.25, -0.2) is 0 Å². The number of hydrogen-bond acceptors (Lipinski definition) is 9. The molecule has 0 fully saturated rings. The van der Waals surface area contributed by atoms with Crippen LogP contribution in [0.25, 0.3) is 0 Å². The van der Waals surface area contributed by atoms with Crippen molar-refractivity contribution in [3.05, 3.63) is 0 Å². The predicted octanol–water partition coefficient (Wildman–Crippen LogP) is -1.32. The van der Waals surface area contributed by atoms with Crippen LogP contribution in [0.15, 0.2) is 0 Å². The maximum atomic E-state index is 9.22. The largest absolute Gasteiger partial charge is 0.518 e. The molecule has 0 aromatic rings. The van der Waals surface area contributed by atoms with E-state index in [1.54, 1.807) is 6.92 Å². The van der Waals surface area contributed by atoms with Gasteiger partial charge in [0.2, 0.25) is 0 Å². The summed E-state index contributed by atoms with van der Waals surface area (Å²) < 4.78 is 21.2. The van der Waals surface area contributed by atoms with E-state index in [9.17, 15) is 5.11 Å². The van der Waals surface area contributed by atoms with Crippen LogP contribution in [-0.4, -0.2) is 71.8 Å². The molecular weight excluding hydrogens is 364 g/mol. The molecule has 0 radical (unpaired) electrons. The molecule has 0 amide bonds. The summed E-state index contributed by atoms with van der Waals surface area (Å²) >= 11 is 0. The molecule has 0 aromatic carbocycles. The first-order valence-electron chi connectivity index (χ1n) is 8.72. The minimum atomic E-state index is -2.62. The van der Waals surface area contributed by atoms with Crippen molar-refractivity contribution in [2.75, 3.05) is 19.8 Å². The number of hydrogen-bond donors (Lipinski definition) is 5. The first-order valence-corrected chi connectivity index (χ1v) is 11.3. The lowest BCUT2D eigenvalue weighted by Crippen LogP contribution is -2.62. The Labute approximate surface area is 155 Å². The summed E-state index contributed by atoms with van der Waals surface area (Å²) in [6, 6.07) is 0. The smallest absolute Gasteiger partial charge is 0.377 e. The van der Waals surface area contributed by atoms with E-state index in [0.29, 0.717) is 26.2 Å². The maximum absolute atomic E-state index is 9.22. The SMILES string of the molecule is CCCC(N)(O)C(O)(O)O[SiH3].CCO[Si](OCC)(OCC)C(N)CC. The highest BCUT2D eigenvalue weighted by Crippen LogP contribution is 2.19. The zero-order valence-electron chi connectivity index (χ0n) is 16.4. The van der Waals surface area contributed by atoms with Crippen LogP contribution in [0.4, 0.5) is 0 Å². The van der Waals surface area contributed by atoms with Crippen molar-refractivity contribution in [2.45, 2.75) is 71.2 Å². The maximum Gasteiger partial charge on any atom is 0.518 e. The molecule has 25 heavy (non-hydrogen) atoms. The van der Waals surface area contributed by atoms with Crippen molar-refractivity contribution < 1.29 is 33.0 Å². The van der Waals surface area contributed by atoms with E-state index in [2.05, 4.69) is 4.43 Å². The van der Waals surface area contributed by atoms with Crippen LogP contribution >= 0.6 is 0 Å². The first kappa shape index (κ1) is 27.3. The highest BCUT2D eigenvalue weighted by atomic mass is 28.4. The topological polar surface area (TPSA) is 150 Å². The van der Waals surface area contributed by atoms with Gasteiger partial charge < -0.3 is 38.8 Å². The highest BCUT2D eigenvalue weighted by Gasteiger charge is 2.46. The van der Waals surface area contributed by atoms with E-state index in [4.69, 9.17) is 35.0 Å². The highest BCUT2D eigenvalue weighted by molar-refractivity contribution is 6.62. The van der Waals surface area contributed by atoms with Crippen molar-refractivity contribution in [3.63, 3.8) is 0 Å². The summed E-state index contributed by atoms with van der Waals surface area (Å²) in [4.78, 5) is 0. The van der Waals surface area contributed by atoms with Gasteiger partial charge in [0.05, 0.1) is 5.67 Å². The Hall–Kier alpha value is 0.0738. The zero-order valence-corrected chi connectivity index (χ0v) is 19.4. The van der Waals surface area contributed by atoms with E-state index >= 15 is 0 Å². The third-order valence-corrected chi connectivity index (χ3v) is 7.37. The molecule has 0 aliphatic rings. The minimum absolute atomic E-state index is 0.0717. The number of nitrogens with two attached hydrogens (primary N) is 2. The number of aliphatic hydroxyl groups is 3. The summed E-state index contributed by atoms with van der Waals surface area (Å²) in [6.45, 7) is 11.3. The molecule has 0 aliphatic carbocycles. The lowest BCUT2D eigenvalue weighted by Gasteiger charge is -2.34. The van der Waals surface area contributed by atoms with Crippen molar-refractivity contribution in [3.8, 4) is 0 Å². The van der Waals surface area contributed by atoms with Crippen LogP contribution in [0.5, 0.6) is 0 Å². The van der Waals surface area contributed by atoms with Crippen molar-refractivity contribution in [2.24, 2.45) is 11.5 Å². The van der Waals surface area contributed by atoms with Gasteiger partial charge in [-0.15, -0.1) is 0 Å². The molecule has 0 spiro atoms. The first-order chi connectivity index (χ1) is 11.5. The third kappa shape index (κ3) is 9.01. The fraction of sp³-hybridized carbons (Fsp3) is 1.00. The molecule has 0 rings (SSSR count). The average molecular weight is 403 g/mol. The predicted molar refractivity (Wildman–Crippen MR) is 101 cm³/mol. The molecule has 0 bridgehead atoms. The average Bonchev–Trinajstić information content (AvgIpc) is 2.55. The Morgan fingerprint density at radius 2 is 1.36 bits per heavy atom. The fourth-order valence-corrected chi connectivity index (χ4v) is 4.97. The molecule has 0 saturated carbocycles. The van der Waals surface area contributed by atoms with Crippen LogP contribution in [0.3, 0.4) is 0 Å². The Balaban J connectivity index is 0. The van der Waals surface area contributed by atoms with Gasteiger partial charge in [0.25, 0.3) is 0 Å². The van der Waals surface area contributed by atoms with E-state index < -0.39 is 20.5 Å². The molecule has 0 aliphatic heterocycles. The Kier molecular flexibility index (Phi) is 14.5. The van der Waals surface area contributed by atoms with Crippen LogP contribution < -0.4 is 11.5 Å². The summed E-state index contributed by atoms with van der Waals surface area (Å²) in [6.07, 6.45) is 1.43. The van der Waals surface area contributed by atoms with Crippen LogP contribution in [0.2, 0.25) is 0 Å². The van der Waals surface area contributed by atoms with Crippen molar-refractivity contribution in [1.82, 2.24) is 0 Å². The van der Waals surface area contributed by atoms with Gasteiger partial charge in [0.1, 0.15) is 0 Å². The summed E-state index contributed by atoms with van der Waals surface area (Å²) in [7, 11) is -2.53. The normalized spacial score (nSPS) is 16.1. The molecule has 11 heteroatoms. The fourth-order valence-electron chi connectivity index (χ4n) is 2.02.